The van der Waals surface area contributed by atoms with Gasteiger partial charge in [-0.25, -0.2) is 4.99 Å². The molecule has 1 aliphatic rings. The number of halogens is 2. The summed E-state index contributed by atoms with van der Waals surface area (Å²) in [4.78, 5) is 19.8. The lowest BCUT2D eigenvalue weighted by atomic mass is 10.1. The van der Waals surface area contributed by atoms with Crippen LogP contribution in [0.1, 0.15) is 25.0 Å². The quantitative estimate of drug-likeness (QED) is 0.569. The summed E-state index contributed by atoms with van der Waals surface area (Å²) in [6.45, 7) is 4.59. The maximum atomic E-state index is 12.8. The minimum atomic E-state index is -0.0683. The Morgan fingerprint density at radius 2 is 1.88 bits per heavy atom. The maximum Gasteiger partial charge on any atom is 0.266 e. The lowest BCUT2D eigenvalue weighted by Crippen LogP contribution is -2.28. The van der Waals surface area contributed by atoms with E-state index in [0.717, 1.165) is 23.2 Å². The molecule has 3 rings (SSSR count). The van der Waals surface area contributed by atoms with Crippen molar-refractivity contribution in [2.45, 2.75) is 20.3 Å². The lowest BCUT2D eigenvalue weighted by Gasteiger charge is -2.12. The van der Waals surface area contributed by atoms with Crippen molar-refractivity contribution in [2.24, 2.45) is 4.99 Å². The Labute approximate surface area is 167 Å². The molecule has 0 aliphatic carbocycles. The molecule has 1 fully saturated rings. The van der Waals surface area contributed by atoms with Crippen molar-refractivity contribution in [1.29, 1.82) is 0 Å². The molecule has 134 valence electrons. The smallest absolute Gasteiger partial charge is 0.266 e. The second-order valence-electron chi connectivity index (χ2n) is 5.68. The average Bonchev–Trinajstić information content (AvgIpc) is 2.94. The summed E-state index contributed by atoms with van der Waals surface area (Å²) in [5.41, 5.74) is 2.77. The average molecular weight is 405 g/mol. The van der Waals surface area contributed by atoms with E-state index in [0.29, 0.717) is 26.7 Å². The summed E-state index contributed by atoms with van der Waals surface area (Å²) in [5, 5.41) is 1.59. The molecule has 2 aromatic rings. The van der Waals surface area contributed by atoms with E-state index >= 15 is 0 Å². The highest BCUT2D eigenvalue weighted by molar-refractivity contribution is 8.18. The van der Waals surface area contributed by atoms with Gasteiger partial charge < -0.3 is 0 Å². The summed E-state index contributed by atoms with van der Waals surface area (Å²) >= 11 is 13.7. The summed E-state index contributed by atoms with van der Waals surface area (Å²) < 4.78 is 0. The molecule has 26 heavy (non-hydrogen) atoms. The molecular formula is C20H18Cl2N2OS. The van der Waals surface area contributed by atoms with Crippen LogP contribution < -0.4 is 0 Å². The molecule has 2 aromatic carbocycles. The van der Waals surface area contributed by atoms with Gasteiger partial charge in [0.2, 0.25) is 0 Å². The van der Waals surface area contributed by atoms with Gasteiger partial charge in [0.1, 0.15) is 0 Å². The Balaban J connectivity index is 2.00. The molecule has 0 unspecified atom stereocenters. The van der Waals surface area contributed by atoms with Gasteiger partial charge in [0, 0.05) is 6.54 Å². The normalized spacial score (nSPS) is 17.5. The largest absolute Gasteiger partial charge is 0.287 e. The number of carbonyl (C=O) groups excluding carboxylic acids is 1. The fourth-order valence-corrected chi connectivity index (χ4v) is 4.07. The number of rotatable bonds is 4. The van der Waals surface area contributed by atoms with Crippen LogP contribution >= 0.6 is 35.0 Å². The van der Waals surface area contributed by atoms with Gasteiger partial charge in [-0.3, -0.25) is 9.69 Å². The Kier molecular flexibility index (Phi) is 6.07. The van der Waals surface area contributed by atoms with Crippen LogP contribution in [0.3, 0.4) is 0 Å². The van der Waals surface area contributed by atoms with Gasteiger partial charge in [-0.05, 0) is 54.4 Å². The van der Waals surface area contributed by atoms with Crippen LogP contribution in [0.2, 0.25) is 10.0 Å². The molecule has 0 aromatic heterocycles. The summed E-state index contributed by atoms with van der Waals surface area (Å²) in [6, 6.07) is 13.4. The minimum absolute atomic E-state index is 0.0683. The second kappa shape index (κ2) is 8.30. The van der Waals surface area contributed by atoms with E-state index in [2.05, 4.69) is 13.0 Å². The third-order valence-corrected chi connectivity index (χ3v) is 5.90. The van der Waals surface area contributed by atoms with Gasteiger partial charge in [-0.2, -0.15) is 0 Å². The Morgan fingerprint density at radius 1 is 1.12 bits per heavy atom. The van der Waals surface area contributed by atoms with Crippen LogP contribution in [0.25, 0.3) is 6.08 Å². The molecule has 1 heterocycles. The van der Waals surface area contributed by atoms with E-state index in [1.807, 2.05) is 37.3 Å². The first-order chi connectivity index (χ1) is 12.5. The number of amidine groups is 1. The Morgan fingerprint density at radius 3 is 2.62 bits per heavy atom. The number of carbonyl (C=O) groups is 1. The number of amides is 1. The summed E-state index contributed by atoms with van der Waals surface area (Å²) in [5.74, 6) is -0.0683. The highest BCUT2D eigenvalue weighted by Gasteiger charge is 2.32. The van der Waals surface area contributed by atoms with E-state index in [4.69, 9.17) is 28.2 Å². The molecule has 1 saturated heterocycles. The number of hydrogen-bond donors (Lipinski definition) is 0. The third kappa shape index (κ3) is 3.83. The number of para-hydroxylation sites is 1. The lowest BCUT2D eigenvalue weighted by molar-refractivity contribution is -0.122. The summed E-state index contributed by atoms with van der Waals surface area (Å²) in [7, 11) is 0. The molecule has 0 radical (unpaired) electrons. The van der Waals surface area contributed by atoms with E-state index in [-0.39, 0.29) is 5.91 Å². The Bertz CT molecular complexity index is 908. The monoisotopic (exact) mass is 404 g/mol. The fourth-order valence-electron chi connectivity index (χ4n) is 2.67. The molecule has 0 saturated carbocycles. The fraction of sp³-hybridized carbons (Fsp3) is 0.200. The van der Waals surface area contributed by atoms with Crippen molar-refractivity contribution >= 4 is 57.8 Å². The first-order valence-electron chi connectivity index (χ1n) is 8.37. The van der Waals surface area contributed by atoms with Crippen LogP contribution in [-0.4, -0.2) is 22.5 Å². The van der Waals surface area contributed by atoms with E-state index < -0.39 is 0 Å². The molecular weight excluding hydrogens is 387 g/mol. The minimum Gasteiger partial charge on any atom is -0.287 e. The zero-order valence-corrected chi connectivity index (χ0v) is 16.8. The van der Waals surface area contributed by atoms with Crippen molar-refractivity contribution < 1.29 is 4.79 Å². The van der Waals surface area contributed by atoms with Crippen LogP contribution in [-0.2, 0) is 11.2 Å². The van der Waals surface area contributed by atoms with E-state index in [9.17, 15) is 4.79 Å². The van der Waals surface area contributed by atoms with Gasteiger partial charge in [-0.15, -0.1) is 0 Å². The van der Waals surface area contributed by atoms with Crippen molar-refractivity contribution in [3.05, 3.63) is 68.5 Å². The first-order valence-corrected chi connectivity index (χ1v) is 9.94. The van der Waals surface area contributed by atoms with Gasteiger partial charge in [0.15, 0.2) is 5.17 Å². The molecule has 3 nitrogen and oxygen atoms in total. The molecule has 1 aliphatic heterocycles. The number of nitrogens with zero attached hydrogens (tertiary/aromatic N) is 2. The number of aryl methyl sites for hydroxylation is 1. The molecule has 0 atom stereocenters. The van der Waals surface area contributed by atoms with Crippen LogP contribution in [0.15, 0.2) is 52.4 Å². The maximum absolute atomic E-state index is 12.8. The van der Waals surface area contributed by atoms with Crippen molar-refractivity contribution in [3.8, 4) is 0 Å². The molecule has 1 amide bonds. The topological polar surface area (TPSA) is 32.7 Å². The number of hydrogen-bond acceptors (Lipinski definition) is 3. The first kappa shape index (κ1) is 19.0. The van der Waals surface area contributed by atoms with Crippen LogP contribution in [0, 0.1) is 0 Å². The molecule has 0 N–H and O–H groups in total. The SMILES string of the molecule is CCc1ccccc1N=C1S/C(=C/c2cccc(Cl)c2Cl)C(=O)N1CC. The predicted octanol–water partition coefficient (Wildman–Crippen LogP) is 6.18. The number of thioether (sulfide) groups is 1. The van der Waals surface area contributed by atoms with Crippen molar-refractivity contribution in [1.82, 2.24) is 4.90 Å². The zero-order chi connectivity index (χ0) is 18.7. The van der Waals surface area contributed by atoms with Gasteiger partial charge in [0.25, 0.3) is 5.91 Å². The van der Waals surface area contributed by atoms with Gasteiger partial charge in [0.05, 0.1) is 20.6 Å². The Hall–Kier alpha value is -1.75. The van der Waals surface area contributed by atoms with Crippen LogP contribution in [0.5, 0.6) is 0 Å². The second-order valence-corrected chi connectivity index (χ2v) is 7.47. The molecule has 0 bridgehead atoms. The van der Waals surface area contributed by atoms with E-state index in [1.54, 1.807) is 17.0 Å². The standard InChI is InChI=1S/C20H18Cl2N2OS/c1-3-13-8-5-6-11-16(13)23-20-24(4-2)19(25)17(26-20)12-14-9-7-10-15(21)18(14)22/h5-12H,3-4H2,1-2H3/b17-12+,23-20?. The van der Waals surface area contributed by atoms with Crippen molar-refractivity contribution in [3.63, 3.8) is 0 Å². The van der Waals surface area contributed by atoms with Crippen LogP contribution in [0.4, 0.5) is 5.69 Å². The number of benzene rings is 2. The number of aliphatic imine (C=N–C) groups is 1. The number of likely N-dealkylation sites (N-methyl/N-ethyl adjacent to an activating group) is 1. The predicted molar refractivity (Wildman–Crippen MR) is 112 cm³/mol. The highest BCUT2D eigenvalue weighted by atomic mass is 35.5. The molecule has 0 spiro atoms. The van der Waals surface area contributed by atoms with Gasteiger partial charge in [-0.1, -0.05) is 60.5 Å². The van der Waals surface area contributed by atoms with E-state index in [1.165, 1.54) is 11.8 Å². The highest BCUT2D eigenvalue weighted by Crippen LogP contribution is 2.36. The summed E-state index contributed by atoms with van der Waals surface area (Å²) in [6.07, 6.45) is 2.66. The molecule has 6 heteroatoms. The van der Waals surface area contributed by atoms with Crippen molar-refractivity contribution in [2.75, 3.05) is 6.54 Å². The third-order valence-electron chi connectivity index (χ3n) is 4.06. The van der Waals surface area contributed by atoms with Gasteiger partial charge >= 0.3 is 0 Å². The zero-order valence-electron chi connectivity index (χ0n) is 14.5.